The lowest BCUT2D eigenvalue weighted by molar-refractivity contribution is -0.132. The van der Waals surface area contributed by atoms with E-state index in [4.69, 9.17) is 14.1 Å². The van der Waals surface area contributed by atoms with Crippen molar-refractivity contribution in [3.63, 3.8) is 0 Å². The van der Waals surface area contributed by atoms with Gasteiger partial charge in [-0.05, 0) is 24.3 Å². The number of nitrogens with zero attached hydrogens (tertiary/aromatic N) is 5. The zero-order valence-electron chi connectivity index (χ0n) is 17.3. The van der Waals surface area contributed by atoms with Crippen LogP contribution in [0.5, 0.6) is 5.75 Å². The highest BCUT2D eigenvalue weighted by atomic mass is 16.5. The van der Waals surface area contributed by atoms with Gasteiger partial charge in [0.05, 0.1) is 20.2 Å². The second-order valence-electron chi connectivity index (χ2n) is 7.36. The summed E-state index contributed by atoms with van der Waals surface area (Å²) in [6.45, 7) is 2.77. The Morgan fingerprint density at radius 3 is 2.52 bits per heavy atom. The van der Waals surface area contributed by atoms with Crippen molar-refractivity contribution in [3.05, 3.63) is 71.9 Å². The summed E-state index contributed by atoms with van der Waals surface area (Å²) >= 11 is 0. The number of hydrogen-bond donors (Lipinski definition) is 0. The number of rotatable bonds is 5. The number of oxazole rings is 1. The SMILES string of the molecule is COc1ccc(-c2nc(-c3ccccc3)n(CC(=O)N3Cc4nc(C)oc4C3)n2)cc1. The minimum atomic E-state index is -0.0609. The first kappa shape index (κ1) is 19.0. The highest BCUT2D eigenvalue weighted by Gasteiger charge is 2.29. The van der Waals surface area contributed by atoms with Crippen LogP contribution in [0.1, 0.15) is 17.3 Å². The molecule has 156 valence electrons. The molecule has 3 heterocycles. The van der Waals surface area contributed by atoms with Crippen LogP contribution in [0, 0.1) is 6.92 Å². The van der Waals surface area contributed by atoms with E-state index in [0.29, 0.717) is 30.6 Å². The summed E-state index contributed by atoms with van der Waals surface area (Å²) in [5.74, 6) is 3.28. The Hall–Kier alpha value is -3.94. The first-order valence-corrected chi connectivity index (χ1v) is 9.98. The van der Waals surface area contributed by atoms with Gasteiger partial charge in [0.1, 0.15) is 23.7 Å². The van der Waals surface area contributed by atoms with Crippen molar-refractivity contribution in [3.8, 4) is 28.5 Å². The van der Waals surface area contributed by atoms with Crippen LogP contribution in [0.3, 0.4) is 0 Å². The Balaban J connectivity index is 1.44. The summed E-state index contributed by atoms with van der Waals surface area (Å²) in [6, 6.07) is 17.3. The quantitative estimate of drug-likeness (QED) is 0.496. The summed E-state index contributed by atoms with van der Waals surface area (Å²) < 4.78 is 12.5. The fourth-order valence-electron chi connectivity index (χ4n) is 3.69. The molecule has 1 aliphatic heterocycles. The van der Waals surface area contributed by atoms with E-state index < -0.39 is 0 Å². The topological polar surface area (TPSA) is 86.3 Å². The monoisotopic (exact) mass is 415 g/mol. The molecule has 1 amide bonds. The largest absolute Gasteiger partial charge is 0.497 e. The molecule has 0 spiro atoms. The zero-order valence-corrected chi connectivity index (χ0v) is 17.3. The molecule has 2 aromatic carbocycles. The van der Waals surface area contributed by atoms with Crippen LogP contribution in [-0.2, 0) is 24.4 Å². The molecule has 0 aliphatic carbocycles. The van der Waals surface area contributed by atoms with E-state index in [2.05, 4.69) is 10.1 Å². The molecule has 31 heavy (non-hydrogen) atoms. The molecule has 0 atom stereocenters. The molecule has 0 unspecified atom stereocenters. The predicted octanol–water partition coefficient (Wildman–Crippen LogP) is 3.46. The van der Waals surface area contributed by atoms with E-state index in [1.165, 1.54) is 0 Å². The van der Waals surface area contributed by atoms with Crippen molar-refractivity contribution in [2.75, 3.05) is 7.11 Å². The lowest BCUT2D eigenvalue weighted by atomic mass is 10.2. The van der Waals surface area contributed by atoms with Crippen LogP contribution < -0.4 is 4.74 Å². The van der Waals surface area contributed by atoms with Crippen LogP contribution >= 0.6 is 0 Å². The number of ether oxygens (including phenoxy) is 1. The number of aryl methyl sites for hydroxylation is 1. The van der Waals surface area contributed by atoms with Gasteiger partial charge in [0, 0.05) is 18.1 Å². The van der Waals surface area contributed by atoms with Gasteiger partial charge < -0.3 is 14.1 Å². The third-order valence-corrected chi connectivity index (χ3v) is 5.25. The van der Waals surface area contributed by atoms with E-state index in [-0.39, 0.29) is 12.5 Å². The molecular formula is C23H21N5O3. The predicted molar refractivity (Wildman–Crippen MR) is 113 cm³/mol. The van der Waals surface area contributed by atoms with Crippen molar-refractivity contribution in [1.29, 1.82) is 0 Å². The number of methoxy groups -OCH3 is 1. The lowest BCUT2D eigenvalue weighted by Crippen LogP contribution is -2.30. The zero-order chi connectivity index (χ0) is 21.4. The normalized spacial score (nSPS) is 12.8. The van der Waals surface area contributed by atoms with Crippen LogP contribution in [-0.4, -0.2) is 37.7 Å². The van der Waals surface area contributed by atoms with Crippen molar-refractivity contribution in [2.45, 2.75) is 26.6 Å². The second kappa shape index (κ2) is 7.71. The third-order valence-electron chi connectivity index (χ3n) is 5.25. The van der Waals surface area contributed by atoms with Crippen LogP contribution in [0.4, 0.5) is 0 Å². The van der Waals surface area contributed by atoms with Crippen molar-refractivity contribution < 1.29 is 13.9 Å². The molecular weight excluding hydrogens is 394 g/mol. The van der Waals surface area contributed by atoms with Gasteiger partial charge in [0.25, 0.3) is 0 Å². The molecule has 0 fully saturated rings. The van der Waals surface area contributed by atoms with Gasteiger partial charge in [0.15, 0.2) is 17.5 Å². The third kappa shape index (κ3) is 3.68. The van der Waals surface area contributed by atoms with Crippen molar-refractivity contribution >= 4 is 5.91 Å². The Morgan fingerprint density at radius 2 is 1.81 bits per heavy atom. The van der Waals surface area contributed by atoms with E-state index in [1.54, 1.807) is 16.7 Å². The van der Waals surface area contributed by atoms with Gasteiger partial charge in [-0.25, -0.2) is 14.6 Å². The van der Waals surface area contributed by atoms with Crippen LogP contribution in [0.15, 0.2) is 59.0 Å². The molecule has 0 radical (unpaired) electrons. The van der Waals surface area contributed by atoms with Gasteiger partial charge in [-0.3, -0.25) is 4.79 Å². The molecule has 0 saturated heterocycles. The molecule has 0 N–H and O–H groups in total. The lowest BCUT2D eigenvalue weighted by Gasteiger charge is -2.15. The number of benzene rings is 2. The Labute approximate surface area is 179 Å². The summed E-state index contributed by atoms with van der Waals surface area (Å²) in [6.07, 6.45) is 0. The number of aromatic nitrogens is 4. The first-order valence-electron chi connectivity index (χ1n) is 9.98. The first-order chi connectivity index (χ1) is 15.1. The van der Waals surface area contributed by atoms with Gasteiger partial charge in [-0.2, -0.15) is 0 Å². The number of carbonyl (C=O) groups excluding carboxylic acids is 1. The average Bonchev–Trinajstić information content (AvgIpc) is 3.47. The minimum absolute atomic E-state index is 0.0609. The molecule has 0 bridgehead atoms. The number of fused-ring (bicyclic) bond motifs is 1. The van der Waals surface area contributed by atoms with E-state index in [9.17, 15) is 4.79 Å². The van der Waals surface area contributed by atoms with Crippen LogP contribution in [0.25, 0.3) is 22.8 Å². The highest BCUT2D eigenvalue weighted by molar-refractivity contribution is 5.77. The number of amides is 1. The standard InChI is InChI=1S/C23H21N5O3/c1-15-24-19-12-27(13-20(19)31-15)21(29)14-28-23(17-6-4-3-5-7-17)25-22(26-28)16-8-10-18(30-2)11-9-16/h3-11H,12-14H2,1-2H3. The molecule has 5 rings (SSSR count). The maximum atomic E-state index is 13.0. The Kier molecular flexibility index (Phi) is 4.74. The summed E-state index contributed by atoms with van der Waals surface area (Å²) in [4.78, 5) is 23.8. The molecule has 4 aromatic rings. The van der Waals surface area contributed by atoms with Crippen molar-refractivity contribution in [2.24, 2.45) is 0 Å². The van der Waals surface area contributed by atoms with Gasteiger partial charge in [0.2, 0.25) is 5.91 Å². The molecule has 0 saturated carbocycles. The van der Waals surface area contributed by atoms with Crippen LogP contribution in [0.2, 0.25) is 0 Å². The second-order valence-corrected chi connectivity index (χ2v) is 7.36. The Bertz CT molecular complexity index is 1200. The number of carbonyl (C=O) groups is 1. The van der Waals surface area contributed by atoms with E-state index in [0.717, 1.165) is 28.3 Å². The fraction of sp³-hybridized carbons (Fsp3) is 0.217. The maximum absolute atomic E-state index is 13.0. The molecule has 2 aromatic heterocycles. The fourth-order valence-corrected chi connectivity index (χ4v) is 3.69. The average molecular weight is 415 g/mol. The molecule has 8 heteroatoms. The summed E-state index contributed by atoms with van der Waals surface area (Å²) in [7, 11) is 1.63. The Morgan fingerprint density at radius 1 is 1.03 bits per heavy atom. The van der Waals surface area contributed by atoms with Gasteiger partial charge >= 0.3 is 0 Å². The van der Waals surface area contributed by atoms with Crippen molar-refractivity contribution in [1.82, 2.24) is 24.6 Å². The minimum Gasteiger partial charge on any atom is -0.497 e. The van der Waals surface area contributed by atoms with E-state index >= 15 is 0 Å². The summed E-state index contributed by atoms with van der Waals surface area (Å²) in [5, 5.41) is 4.65. The maximum Gasteiger partial charge on any atom is 0.245 e. The number of hydrogen-bond acceptors (Lipinski definition) is 6. The highest BCUT2D eigenvalue weighted by Crippen LogP contribution is 2.26. The summed E-state index contributed by atoms with van der Waals surface area (Å²) in [5.41, 5.74) is 2.57. The molecule has 8 nitrogen and oxygen atoms in total. The smallest absolute Gasteiger partial charge is 0.245 e. The molecule has 1 aliphatic rings. The van der Waals surface area contributed by atoms with Gasteiger partial charge in [-0.1, -0.05) is 30.3 Å². The van der Waals surface area contributed by atoms with E-state index in [1.807, 2.05) is 61.5 Å². The van der Waals surface area contributed by atoms with Gasteiger partial charge in [-0.15, -0.1) is 5.10 Å².